The number of alkyl halides is 3. The van der Waals surface area contributed by atoms with E-state index in [1.54, 1.807) is 7.05 Å². The Morgan fingerprint density at radius 2 is 1.52 bits per heavy atom. The molecule has 2 amide bonds. The van der Waals surface area contributed by atoms with Gasteiger partial charge in [-0.15, -0.1) is 0 Å². The molecule has 0 aliphatic heterocycles. The standard InChI is InChI=1S/C20H21F3N2O2/c1-19(2,18(27)25(3)13-14-7-5-4-6-8-14)17(26)24-16-11-9-15(10-12-16)20(21,22)23/h4-12H,13H2,1-3H3,(H,24,26). The summed E-state index contributed by atoms with van der Waals surface area (Å²) in [5.74, 6) is -0.983. The molecule has 1 N–H and O–H groups in total. The first-order chi connectivity index (χ1) is 12.5. The average molecular weight is 378 g/mol. The maximum Gasteiger partial charge on any atom is 0.416 e. The van der Waals surface area contributed by atoms with Crippen LogP contribution in [0.15, 0.2) is 54.6 Å². The first-order valence-corrected chi connectivity index (χ1v) is 8.30. The van der Waals surface area contributed by atoms with Crippen LogP contribution in [-0.4, -0.2) is 23.8 Å². The summed E-state index contributed by atoms with van der Waals surface area (Å²) < 4.78 is 37.8. The van der Waals surface area contributed by atoms with E-state index in [1.807, 2.05) is 30.3 Å². The monoisotopic (exact) mass is 378 g/mol. The van der Waals surface area contributed by atoms with Crippen LogP contribution in [0, 0.1) is 5.41 Å². The van der Waals surface area contributed by atoms with Gasteiger partial charge in [-0.05, 0) is 43.7 Å². The highest BCUT2D eigenvalue weighted by atomic mass is 19.4. The molecule has 27 heavy (non-hydrogen) atoms. The quantitative estimate of drug-likeness (QED) is 0.788. The van der Waals surface area contributed by atoms with E-state index in [-0.39, 0.29) is 5.69 Å². The summed E-state index contributed by atoms with van der Waals surface area (Å²) in [7, 11) is 1.60. The smallest absolute Gasteiger partial charge is 0.341 e. The molecule has 0 fully saturated rings. The second-order valence-corrected chi connectivity index (χ2v) is 6.80. The number of rotatable bonds is 5. The molecular formula is C20H21F3N2O2. The SMILES string of the molecule is CN(Cc1ccccc1)C(=O)C(C)(C)C(=O)Nc1ccc(C(F)(F)F)cc1. The number of nitrogens with one attached hydrogen (secondary N) is 1. The third-order valence-corrected chi connectivity index (χ3v) is 4.18. The second-order valence-electron chi connectivity index (χ2n) is 6.80. The Bertz CT molecular complexity index is 800. The molecule has 0 aromatic heterocycles. The minimum absolute atomic E-state index is 0.194. The van der Waals surface area contributed by atoms with E-state index in [4.69, 9.17) is 0 Å². The van der Waals surface area contributed by atoms with Crippen molar-refractivity contribution in [1.29, 1.82) is 0 Å². The van der Waals surface area contributed by atoms with Crippen LogP contribution in [-0.2, 0) is 22.3 Å². The average Bonchev–Trinajstić information content (AvgIpc) is 2.61. The molecule has 144 valence electrons. The third kappa shape index (κ3) is 5.09. The van der Waals surface area contributed by atoms with Crippen molar-refractivity contribution in [3.05, 3.63) is 65.7 Å². The number of halogens is 3. The summed E-state index contributed by atoms with van der Waals surface area (Å²) in [5, 5.41) is 2.51. The summed E-state index contributed by atoms with van der Waals surface area (Å²) in [6, 6.07) is 13.4. The van der Waals surface area contributed by atoms with E-state index in [0.717, 1.165) is 29.8 Å². The molecule has 0 heterocycles. The zero-order chi connectivity index (χ0) is 20.2. The zero-order valence-electron chi connectivity index (χ0n) is 15.3. The van der Waals surface area contributed by atoms with Crippen LogP contribution in [0.2, 0.25) is 0 Å². The van der Waals surface area contributed by atoms with E-state index in [9.17, 15) is 22.8 Å². The predicted molar refractivity (Wildman–Crippen MR) is 96.8 cm³/mol. The molecule has 2 aromatic carbocycles. The Balaban J connectivity index is 2.06. The minimum Gasteiger partial charge on any atom is -0.341 e. The van der Waals surface area contributed by atoms with Crippen LogP contribution in [0.5, 0.6) is 0 Å². The first-order valence-electron chi connectivity index (χ1n) is 8.30. The Morgan fingerprint density at radius 1 is 0.963 bits per heavy atom. The van der Waals surface area contributed by atoms with Crippen molar-refractivity contribution < 1.29 is 22.8 Å². The van der Waals surface area contributed by atoms with E-state index in [0.29, 0.717) is 6.54 Å². The van der Waals surface area contributed by atoms with Crippen LogP contribution < -0.4 is 5.32 Å². The lowest BCUT2D eigenvalue weighted by Crippen LogP contribution is -2.45. The molecule has 0 spiro atoms. The highest BCUT2D eigenvalue weighted by Crippen LogP contribution is 2.30. The molecule has 0 aliphatic rings. The van der Waals surface area contributed by atoms with Gasteiger partial charge in [-0.2, -0.15) is 13.2 Å². The van der Waals surface area contributed by atoms with Gasteiger partial charge in [0, 0.05) is 19.3 Å². The van der Waals surface area contributed by atoms with Crippen molar-refractivity contribution >= 4 is 17.5 Å². The fourth-order valence-corrected chi connectivity index (χ4v) is 2.53. The van der Waals surface area contributed by atoms with Gasteiger partial charge in [0.25, 0.3) is 0 Å². The molecular weight excluding hydrogens is 357 g/mol. The number of carbonyl (C=O) groups excluding carboxylic acids is 2. The Morgan fingerprint density at radius 3 is 2.04 bits per heavy atom. The van der Waals surface area contributed by atoms with Gasteiger partial charge in [0.05, 0.1) is 5.56 Å². The lowest BCUT2D eigenvalue weighted by Gasteiger charge is -2.28. The van der Waals surface area contributed by atoms with Gasteiger partial charge in [0.1, 0.15) is 5.41 Å². The first kappa shape index (κ1) is 20.5. The van der Waals surface area contributed by atoms with Crippen LogP contribution >= 0.6 is 0 Å². The maximum atomic E-state index is 12.7. The predicted octanol–water partition coefficient (Wildman–Crippen LogP) is 4.33. The van der Waals surface area contributed by atoms with Crippen molar-refractivity contribution in [2.45, 2.75) is 26.6 Å². The van der Waals surface area contributed by atoms with Crippen molar-refractivity contribution in [1.82, 2.24) is 4.90 Å². The molecule has 2 rings (SSSR count). The fraction of sp³-hybridized carbons (Fsp3) is 0.300. The topological polar surface area (TPSA) is 49.4 Å². The normalized spacial score (nSPS) is 11.8. The van der Waals surface area contributed by atoms with E-state index in [2.05, 4.69) is 5.32 Å². The van der Waals surface area contributed by atoms with Gasteiger partial charge in [-0.1, -0.05) is 30.3 Å². The number of hydrogen-bond acceptors (Lipinski definition) is 2. The van der Waals surface area contributed by atoms with Crippen molar-refractivity contribution in [2.24, 2.45) is 5.41 Å². The highest BCUT2D eigenvalue weighted by molar-refractivity contribution is 6.09. The Kier molecular flexibility index (Phi) is 5.93. The summed E-state index contributed by atoms with van der Waals surface area (Å²) in [4.78, 5) is 26.7. The number of anilines is 1. The van der Waals surface area contributed by atoms with Crippen molar-refractivity contribution in [2.75, 3.05) is 12.4 Å². The number of benzene rings is 2. The highest BCUT2D eigenvalue weighted by Gasteiger charge is 2.38. The Hall–Kier alpha value is -2.83. The largest absolute Gasteiger partial charge is 0.416 e. The molecule has 0 saturated heterocycles. The summed E-state index contributed by atoms with van der Waals surface area (Å²) in [6.45, 7) is 3.31. The van der Waals surface area contributed by atoms with Crippen molar-refractivity contribution in [3.8, 4) is 0 Å². The lowest BCUT2D eigenvalue weighted by atomic mass is 9.90. The number of carbonyl (C=O) groups is 2. The molecule has 0 unspecified atom stereocenters. The summed E-state index contributed by atoms with van der Waals surface area (Å²) >= 11 is 0. The summed E-state index contributed by atoms with van der Waals surface area (Å²) in [5.41, 5.74) is -1.07. The molecule has 0 radical (unpaired) electrons. The third-order valence-electron chi connectivity index (χ3n) is 4.18. The number of hydrogen-bond donors (Lipinski definition) is 1. The maximum absolute atomic E-state index is 12.7. The van der Waals surface area contributed by atoms with E-state index < -0.39 is 29.0 Å². The molecule has 0 bridgehead atoms. The Labute approximate surface area is 156 Å². The summed E-state index contributed by atoms with van der Waals surface area (Å²) in [6.07, 6.45) is -4.45. The molecule has 2 aromatic rings. The van der Waals surface area contributed by atoms with Crippen LogP contribution in [0.4, 0.5) is 18.9 Å². The van der Waals surface area contributed by atoms with Gasteiger partial charge in [-0.25, -0.2) is 0 Å². The minimum atomic E-state index is -4.45. The van der Waals surface area contributed by atoms with Gasteiger partial charge in [0.15, 0.2) is 0 Å². The van der Waals surface area contributed by atoms with E-state index in [1.165, 1.54) is 18.7 Å². The molecule has 0 aliphatic carbocycles. The molecule has 0 saturated carbocycles. The van der Waals surface area contributed by atoms with Gasteiger partial charge in [0.2, 0.25) is 11.8 Å². The van der Waals surface area contributed by atoms with Crippen LogP contribution in [0.25, 0.3) is 0 Å². The van der Waals surface area contributed by atoms with Crippen LogP contribution in [0.1, 0.15) is 25.0 Å². The molecule has 4 nitrogen and oxygen atoms in total. The number of amides is 2. The lowest BCUT2D eigenvalue weighted by molar-refractivity contribution is -0.145. The fourth-order valence-electron chi connectivity index (χ4n) is 2.53. The van der Waals surface area contributed by atoms with Crippen LogP contribution in [0.3, 0.4) is 0 Å². The van der Waals surface area contributed by atoms with Gasteiger partial charge in [-0.3, -0.25) is 9.59 Å². The van der Waals surface area contributed by atoms with Gasteiger partial charge < -0.3 is 10.2 Å². The van der Waals surface area contributed by atoms with Gasteiger partial charge >= 0.3 is 6.18 Å². The molecule has 0 atom stereocenters. The zero-order valence-corrected chi connectivity index (χ0v) is 15.3. The number of nitrogens with zero attached hydrogens (tertiary/aromatic N) is 1. The van der Waals surface area contributed by atoms with Crippen molar-refractivity contribution in [3.63, 3.8) is 0 Å². The molecule has 7 heteroatoms. The second kappa shape index (κ2) is 7.82. The van der Waals surface area contributed by atoms with E-state index >= 15 is 0 Å².